The predicted molar refractivity (Wildman–Crippen MR) is 115 cm³/mol. The molecule has 1 N–H and O–H groups in total. The van der Waals surface area contributed by atoms with Crippen molar-refractivity contribution >= 4 is 11.8 Å². The summed E-state index contributed by atoms with van der Waals surface area (Å²) in [7, 11) is 0. The SMILES string of the molecule is CCCC(=O)N(Cc1ccccc1)[C@@H](C(=O)NCCCOCC)c1ccccc1. The van der Waals surface area contributed by atoms with E-state index < -0.39 is 6.04 Å². The van der Waals surface area contributed by atoms with Crippen molar-refractivity contribution in [3.05, 3.63) is 71.8 Å². The van der Waals surface area contributed by atoms with Gasteiger partial charge in [-0.15, -0.1) is 0 Å². The molecule has 156 valence electrons. The fraction of sp³-hybridized carbons (Fsp3) is 0.417. The molecule has 0 saturated carbocycles. The summed E-state index contributed by atoms with van der Waals surface area (Å²) in [6.07, 6.45) is 1.89. The molecule has 2 rings (SSSR count). The Bertz CT molecular complexity index is 734. The monoisotopic (exact) mass is 396 g/mol. The first-order chi connectivity index (χ1) is 14.2. The maximum absolute atomic E-state index is 13.2. The van der Waals surface area contributed by atoms with Gasteiger partial charge in [0.15, 0.2) is 0 Å². The zero-order valence-corrected chi connectivity index (χ0v) is 17.5. The van der Waals surface area contributed by atoms with Gasteiger partial charge in [-0.2, -0.15) is 0 Å². The van der Waals surface area contributed by atoms with Crippen LogP contribution in [0.15, 0.2) is 60.7 Å². The lowest BCUT2D eigenvalue weighted by molar-refractivity contribution is -0.141. The lowest BCUT2D eigenvalue weighted by Gasteiger charge is -2.31. The van der Waals surface area contributed by atoms with Gasteiger partial charge in [0, 0.05) is 32.7 Å². The van der Waals surface area contributed by atoms with Crippen LogP contribution in [0, 0.1) is 0 Å². The van der Waals surface area contributed by atoms with Crippen LogP contribution in [-0.2, 0) is 20.9 Å². The largest absolute Gasteiger partial charge is 0.382 e. The fourth-order valence-electron chi connectivity index (χ4n) is 3.20. The predicted octanol–water partition coefficient (Wildman–Crippen LogP) is 4.10. The summed E-state index contributed by atoms with van der Waals surface area (Å²) in [5, 5.41) is 2.99. The Hall–Kier alpha value is -2.66. The second kappa shape index (κ2) is 12.7. The summed E-state index contributed by atoms with van der Waals surface area (Å²) in [5.41, 5.74) is 1.82. The van der Waals surface area contributed by atoms with Crippen LogP contribution in [0.1, 0.15) is 50.3 Å². The highest BCUT2D eigenvalue weighted by Crippen LogP contribution is 2.25. The first-order valence-corrected chi connectivity index (χ1v) is 10.4. The number of hydrogen-bond donors (Lipinski definition) is 1. The maximum Gasteiger partial charge on any atom is 0.247 e. The molecule has 29 heavy (non-hydrogen) atoms. The van der Waals surface area contributed by atoms with Crippen LogP contribution >= 0.6 is 0 Å². The average Bonchev–Trinajstić information content (AvgIpc) is 2.75. The van der Waals surface area contributed by atoms with E-state index in [1.54, 1.807) is 4.90 Å². The van der Waals surface area contributed by atoms with Crippen LogP contribution in [0.3, 0.4) is 0 Å². The van der Waals surface area contributed by atoms with Crippen molar-refractivity contribution in [3.63, 3.8) is 0 Å². The minimum atomic E-state index is -0.664. The molecule has 5 nitrogen and oxygen atoms in total. The lowest BCUT2D eigenvalue weighted by atomic mass is 10.0. The molecule has 0 unspecified atom stereocenters. The molecule has 0 spiro atoms. The Morgan fingerprint density at radius 2 is 1.66 bits per heavy atom. The highest BCUT2D eigenvalue weighted by Gasteiger charge is 2.30. The number of ether oxygens (including phenoxy) is 1. The minimum absolute atomic E-state index is 0.0188. The third-order valence-corrected chi connectivity index (χ3v) is 4.62. The van der Waals surface area contributed by atoms with E-state index in [1.165, 1.54) is 0 Å². The van der Waals surface area contributed by atoms with Gasteiger partial charge in [0.1, 0.15) is 6.04 Å². The third-order valence-electron chi connectivity index (χ3n) is 4.62. The van der Waals surface area contributed by atoms with Gasteiger partial charge in [0.05, 0.1) is 0 Å². The number of benzene rings is 2. The molecule has 2 aromatic rings. The van der Waals surface area contributed by atoms with Gasteiger partial charge in [-0.3, -0.25) is 9.59 Å². The van der Waals surface area contributed by atoms with Crippen LogP contribution in [0.5, 0.6) is 0 Å². The van der Waals surface area contributed by atoms with Crippen LogP contribution in [0.4, 0.5) is 0 Å². The molecule has 0 aliphatic carbocycles. The van der Waals surface area contributed by atoms with E-state index in [0.29, 0.717) is 32.7 Å². The molecule has 1 atom stereocenters. The van der Waals surface area contributed by atoms with E-state index in [2.05, 4.69) is 5.32 Å². The van der Waals surface area contributed by atoms with E-state index >= 15 is 0 Å². The van der Waals surface area contributed by atoms with Crippen molar-refractivity contribution in [2.24, 2.45) is 0 Å². The van der Waals surface area contributed by atoms with E-state index in [0.717, 1.165) is 24.0 Å². The first-order valence-electron chi connectivity index (χ1n) is 10.4. The number of nitrogens with one attached hydrogen (secondary N) is 1. The average molecular weight is 397 g/mol. The van der Waals surface area contributed by atoms with Gasteiger partial charge in [-0.1, -0.05) is 67.6 Å². The Morgan fingerprint density at radius 3 is 2.28 bits per heavy atom. The highest BCUT2D eigenvalue weighted by molar-refractivity contribution is 5.88. The first kappa shape index (κ1) is 22.6. The molecule has 0 bridgehead atoms. The van der Waals surface area contributed by atoms with E-state index in [4.69, 9.17) is 4.74 Å². The van der Waals surface area contributed by atoms with Crippen LogP contribution < -0.4 is 5.32 Å². The third kappa shape index (κ3) is 7.35. The normalized spacial score (nSPS) is 11.7. The number of rotatable bonds is 12. The Labute approximate surface area is 174 Å². The van der Waals surface area contributed by atoms with Gasteiger partial charge in [-0.25, -0.2) is 0 Å². The molecule has 0 aromatic heterocycles. The highest BCUT2D eigenvalue weighted by atomic mass is 16.5. The summed E-state index contributed by atoms with van der Waals surface area (Å²) in [6.45, 7) is 6.11. The number of carbonyl (C=O) groups is 2. The van der Waals surface area contributed by atoms with Crippen molar-refractivity contribution < 1.29 is 14.3 Å². The summed E-state index contributed by atoms with van der Waals surface area (Å²) in [5.74, 6) is -0.178. The summed E-state index contributed by atoms with van der Waals surface area (Å²) in [6, 6.07) is 18.7. The molecule has 0 radical (unpaired) electrons. The summed E-state index contributed by atoms with van der Waals surface area (Å²) >= 11 is 0. The molecule has 0 heterocycles. The molecule has 5 heteroatoms. The van der Waals surface area contributed by atoms with Gasteiger partial charge in [0.25, 0.3) is 0 Å². The fourth-order valence-corrected chi connectivity index (χ4v) is 3.20. The molecule has 0 aliphatic heterocycles. The van der Waals surface area contributed by atoms with Gasteiger partial charge < -0.3 is 15.0 Å². The van der Waals surface area contributed by atoms with Crippen LogP contribution in [0.2, 0.25) is 0 Å². The topological polar surface area (TPSA) is 58.6 Å². The lowest BCUT2D eigenvalue weighted by Crippen LogP contribution is -2.43. The van der Waals surface area contributed by atoms with E-state index in [1.807, 2.05) is 74.5 Å². The quantitative estimate of drug-likeness (QED) is 0.550. The number of amides is 2. The summed E-state index contributed by atoms with van der Waals surface area (Å²) < 4.78 is 5.34. The molecule has 0 saturated heterocycles. The van der Waals surface area contributed by atoms with Crippen molar-refractivity contribution in [3.8, 4) is 0 Å². The minimum Gasteiger partial charge on any atom is -0.382 e. The molecule has 2 aromatic carbocycles. The maximum atomic E-state index is 13.2. The van der Waals surface area contributed by atoms with Crippen LogP contribution in [0.25, 0.3) is 0 Å². The number of nitrogens with zero attached hydrogens (tertiary/aromatic N) is 1. The molecule has 2 amide bonds. The van der Waals surface area contributed by atoms with Crippen LogP contribution in [-0.4, -0.2) is 36.5 Å². The van der Waals surface area contributed by atoms with E-state index in [9.17, 15) is 9.59 Å². The summed E-state index contributed by atoms with van der Waals surface area (Å²) in [4.78, 5) is 27.9. The van der Waals surface area contributed by atoms with Crippen molar-refractivity contribution in [1.82, 2.24) is 10.2 Å². The Balaban J connectivity index is 2.26. The number of hydrogen-bond acceptors (Lipinski definition) is 3. The van der Waals surface area contributed by atoms with E-state index in [-0.39, 0.29) is 11.8 Å². The van der Waals surface area contributed by atoms with Crippen molar-refractivity contribution in [1.29, 1.82) is 0 Å². The second-order valence-electron chi connectivity index (χ2n) is 6.91. The zero-order chi connectivity index (χ0) is 20.9. The standard InChI is InChI=1S/C24H32N2O3/c1-3-12-22(27)26(19-20-13-7-5-8-14-20)23(21-15-9-6-10-16-21)24(28)25-17-11-18-29-4-2/h5-10,13-16,23H,3-4,11-12,17-19H2,1-2H3,(H,25,28)/t23-/m1/s1. The Kier molecular flexibility index (Phi) is 9.93. The molecule has 0 aliphatic rings. The molecular formula is C24H32N2O3. The molecular weight excluding hydrogens is 364 g/mol. The smallest absolute Gasteiger partial charge is 0.247 e. The van der Waals surface area contributed by atoms with Crippen molar-refractivity contribution in [2.45, 2.75) is 45.7 Å². The van der Waals surface area contributed by atoms with Gasteiger partial charge >= 0.3 is 0 Å². The number of carbonyl (C=O) groups excluding carboxylic acids is 2. The second-order valence-corrected chi connectivity index (χ2v) is 6.91. The van der Waals surface area contributed by atoms with Gasteiger partial charge in [0.2, 0.25) is 11.8 Å². The van der Waals surface area contributed by atoms with Gasteiger partial charge in [-0.05, 0) is 30.9 Å². The Morgan fingerprint density at radius 1 is 1.00 bits per heavy atom. The molecule has 0 fully saturated rings. The zero-order valence-electron chi connectivity index (χ0n) is 17.5. The van der Waals surface area contributed by atoms with Crippen molar-refractivity contribution in [2.75, 3.05) is 19.8 Å².